The zero-order chi connectivity index (χ0) is 13.9. The summed E-state index contributed by atoms with van der Waals surface area (Å²) < 4.78 is 0.797. The van der Waals surface area contributed by atoms with Crippen LogP contribution in [0.3, 0.4) is 0 Å². The van der Waals surface area contributed by atoms with Gasteiger partial charge in [0.2, 0.25) is 0 Å². The topological polar surface area (TPSA) is 37.8 Å². The zero-order valence-electron chi connectivity index (χ0n) is 11.1. The highest BCUT2D eigenvalue weighted by molar-refractivity contribution is 9.10. The van der Waals surface area contributed by atoms with E-state index in [9.17, 15) is 0 Å². The van der Waals surface area contributed by atoms with E-state index < -0.39 is 0 Å². The van der Waals surface area contributed by atoms with Crippen LogP contribution in [-0.4, -0.2) is 9.97 Å². The molecule has 0 saturated carbocycles. The first-order valence-corrected chi connectivity index (χ1v) is 7.23. The van der Waals surface area contributed by atoms with E-state index in [2.05, 4.69) is 73.7 Å². The number of nitrogens with one attached hydrogen (secondary N) is 1. The van der Waals surface area contributed by atoms with E-state index in [4.69, 9.17) is 0 Å². The largest absolute Gasteiger partial charge is 0.366 e. The van der Waals surface area contributed by atoms with Crippen LogP contribution >= 0.6 is 15.9 Å². The van der Waals surface area contributed by atoms with Crippen molar-refractivity contribution in [2.24, 2.45) is 0 Å². The number of aryl methyl sites for hydroxylation is 1. The molecule has 1 N–H and O–H groups in total. The van der Waals surface area contributed by atoms with E-state index in [0.29, 0.717) is 0 Å². The quantitative estimate of drug-likeness (QED) is 0.728. The molecule has 0 bridgehead atoms. The van der Waals surface area contributed by atoms with Crippen LogP contribution in [-0.2, 0) is 6.54 Å². The molecule has 0 radical (unpaired) electrons. The molecule has 0 amide bonds. The van der Waals surface area contributed by atoms with Gasteiger partial charge >= 0.3 is 0 Å². The second-order valence-corrected chi connectivity index (χ2v) is 5.43. The lowest BCUT2D eigenvalue weighted by molar-refractivity contribution is 1.01. The average molecular weight is 328 g/mol. The van der Waals surface area contributed by atoms with Crippen molar-refractivity contribution < 1.29 is 0 Å². The lowest BCUT2D eigenvalue weighted by Gasteiger charge is -2.09. The van der Waals surface area contributed by atoms with Gasteiger partial charge in [-0.05, 0) is 39.2 Å². The van der Waals surface area contributed by atoms with E-state index in [-0.39, 0.29) is 0 Å². The molecule has 0 atom stereocenters. The Labute approximate surface area is 126 Å². The predicted molar refractivity (Wildman–Crippen MR) is 85.7 cm³/mol. The first-order chi connectivity index (χ1) is 9.72. The van der Waals surface area contributed by atoms with Crippen molar-refractivity contribution in [3.63, 3.8) is 0 Å². The maximum atomic E-state index is 4.38. The van der Waals surface area contributed by atoms with Crippen LogP contribution in [0.4, 0.5) is 5.82 Å². The smallest absolute Gasteiger partial charge is 0.131 e. The molecule has 4 heteroatoms. The summed E-state index contributed by atoms with van der Waals surface area (Å²) in [5.41, 5.74) is 1.26. The Bertz CT molecular complexity index is 730. The summed E-state index contributed by atoms with van der Waals surface area (Å²) >= 11 is 3.39. The standard InChI is InChI=1S/C16H14BrN3/c1-11-19-15(17)9-16(20-11)18-10-13-7-4-6-12-5-2-3-8-14(12)13/h2-9H,10H2,1H3,(H,18,19,20). The monoisotopic (exact) mass is 327 g/mol. The highest BCUT2D eigenvalue weighted by atomic mass is 79.9. The fourth-order valence-electron chi connectivity index (χ4n) is 2.25. The molecule has 100 valence electrons. The number of nitrogens with zero attached hydrogens (tertiary/aromatic N) is 2. The first-order valence-electron chi connectivity index (χ1n) is 6.44. The van der Waals surface area contributed by atoms with Gasteiger partial charge in [-0.15, -0.1) is 0 Å². The van der Waals surface area contributed by atoms with E-state index in [1.165, 1.54) is 16.3 Å². The molecular formula is C16H14BrN3. The minimum Gasteiger partial charge on any atom is -0.366 e. The van der Waals surface area contributed by atoms with Crippen molar-refractivity contribution in [1.82, 2.24) is 9.97 Å². The Morgan fingerprint density at radius 3 is 2.70 bits per heavy atom. The van der Waals surface area contributed by atoms with Crippen LogP contribution < -0.4 is 5.32 Å². The molecule has 3 nitrogen and oxygen atoms in total. The third-order valence-corrected chi connectivity index (χ3v) is 3.55. The molecule has 3 aromatic rings. The van der Waals surface area contributed by atoms with E-state index in [0.717, 1.165) is 22.8 Å². The van der Waals surface area contributed by atoms with Gasteiger partial charge in [-0.25, -0.2) is 9.97 Å². The predicted octanol–water partition coefficient (Wildman–Crippen LogP) is 4.31. The number of hydrogen-bond donors (Lipinski definition) is 1. The number of hydrogen-bond acceptors (Lipinski definition) is 3. The molecule has 20 heavy (non-hydrogen) atoms. The molecule has 0 fully saturated rings. The van der Waals surface area contributed by atoms with Crippen LogP contribution in [0.15, 0.2) is 53.1 Å². The molecule has 0 spiro atoms. The van der Waals surface area contributed by atoms with Crippen molar-refractivity contribution in [3.8, 4) is 0 Å². The summed E-state index contributed by atoms with van der Waals surface area (Å²) in [6.45, 7) is 2.62. The maximum absolute atomic E-state index is 4.38. The van der Waals surface area contributed by atoms with Crippen LogP contribution in [0.25, 0.3) is 10.8 Å². The number of rotatable bonds is 3. The van der Waals surface area contributed by atoms with Gasteiger partial charge in [-0.1, -0.05) is 42.5 Å². The van der Waals surface area contributed by atoms with Crippen LogP contribution in [0.1, 0.15) is 11.4 Å². The number of fused-ring (bicyclic) bond motifs is 1. The Morgan fingerprint density at radius 1 is 1.05 bits per heavy atom. The molecule has 0 aliphatic heterocycles. The Kier molecular flexibility index (Phi) is 3.65. The van der Waals surface area contributed by atoms with Gasteiger partial charge in [0.1, 0.15) is 16.2 Å². The fraction of sp³-hybridized carbons (Fsp3) is 0.125. The number of halogens is 1. The van der Waals surface area contributed by atoms with E-state index in [1.807, 2.05) is 13.0 Å². The minimum atomic E-state index is 0.740. The lowest BCUT2D eigenvalue weighted by atomic mass is 10.0. The molecule has 0 aliphatic rings. The SMILES string of the molecule is Cc1nc(Br)cc(NCc2cccc3ccccc23)n1. The second-order valence-electron chi connectivity index (χ2n) is 4.61. The Hall–Kier alpha value is -1.94. The molecule has 2 aromatic carbocycles. The highest BCUT2D eigenvalue weighted by Crippen LogP contribution is 2.20. The third kappa shape index (κ3) is 2.80. The summed E-state index contributed by atoms with van der Waals surface area (Å²) in [5.74, 6) is 1.58. The molecular weight excluding hydrogens is 314 g/mol. The van der Waals surface area contributed by atoms with Gasteiger partial charge < -0.3 is 5.32 Å². The highest BCUT2D eigenvalue weighted by Gasteiger charge is 2.02. The van der Waals surface area contributed by atoms with Gasteiger partial charge in [0.15, 0.2) is 0 Å². The van der Waals surface area contributed by atoms with Crippen molar-refractivity contribution in [1.29, 1.82) is 0 Å². The Balaban J connectivity index is 1.87. The van der Waals surface area contributed by atoms with Crippen LogP contribution in [0.2, 0.25) is 0 Å². The van der Waals surface area contributed by atoms with Crippen molar-refractivity contribution >= 4 is 32.5 Å². The molecule has 1 heterocycles. The number of benzene rings is 2. The summed E-state index contributed by atoms with van der Waals surface area (Å²) in [7, 11) is 0. The zero-order valence-corrected chi connectivity index (χ0v) is 12.7. The van der Waals surface area contributed by atoms with Gasteiger partial charge in [-0.2, -0.15) is 0 Å². The first kappa shape index (κ1) is 13.1. The molecule has 3 rings (SSSR count). The normalized spacial score (nSPS) is 10.7. The van der Waals surface area contributed by atoms with Crippen molar-refractivity contribution in [2.45, 2.75) is 13.5 Å². The fourth-order valence-corrected chi connectivity index (χ4v) is 2.73. The van der Waals surface area contributed by atoms with Gasteiger partial charge in [0.05, 0.1) is 0 Å². The number of anilines is 1. The van der Waals surface area contributed by atoms with Gasteiger partial charge in [-0.3, -0.25) is 0 Å². The maximum Gasteiger partial charge on any atom is 0.131 e. The van der Waals surface area contributed by atoms with Crippen molar-refractivity contribution in [3.05, 3.63) is 64.5 Å². The molecule has 0 unspecified atom stereocenters. The summed E-state index contributed by atoms with van der Waals surface area (Å²) in [4.78, 5) is 8.58. The minimum absolute atomic E-state index is 0.740. The molecule has 0 aliphatic carbocycles. The van der Waals surface area contributed by atoms with E-state index >= 15 is 0 Å². The number of aromatic nitrogens is 2. The summed E-state index contributed by atoms with van der Waals surface area (Å²) in [6, 6.07) is 16.6. The van der Waals surface area contributed by atoms with Crippen LogP contribution in [0, 0.1) is 6.92 Å². The summed E-state index contributed by atoms with van der Waals surface area (Å²) in [5, 5.41) is 5.88. The second kappa shape index (κ2) is 5.59. The van der Waals surface area contributed by atoms with Gasteiger partial charge in [0, 0.05) is 12.6 Å². The molecule has 1 aromatic heterocycles. The van der Waals surface area contributed by atoms with Crippen molar-refractivity contribution in [2.75, 3.05) is 5.32 Å². The Morgan fingerprint density at radius 2 is 1.85 bits per heavy atom. The molecule has 0 saturated heterocycles. The summed E-state index contributed by atoms with van der Waals surface area (Å²) in [6.07, 6.45) is 0. The average Bonchev–Trinajstić information content (AvgIpc) is 2.44. The van der Waals surface area contributed by atoms with Crippen LogP contribution in [0.5, 0.6) is 0 Å². The lowest BCUT2D eigenvalue weighted by Crippen LogP contribution is -2.03. The third-order valence-electron chi connectivity index (χ3n) is 3.15. The van der Waals surface area contributed by atoms with Gasteiger partial charge in [0.25, 0.3) is 0 Å². The van der Waals surface area contributed by atoms with E-state index in [1.54, 1.807) is 0 Å².